The Balaban J connectivity index is 2.22. The van der Waals surface area contributed by atoms with Crippen molar-refractivity contribution in [1.29, 1.82) is 0 Å². The van der Waals surface area contributed by atoms with Crippen LogP contribution in [0.2, 0.25) is 0 Å². The fraction of sp³-hybridized carbons (Fsp3) is 0.235. The van der Waals surface area contributed by atoms with Crippen molar-refractivity contribution < 1.29 is 14.3 Å². The molecule has 1 unspecified atom stereocenters. The van der Waals surface area contributed by atoms with E-state index in [9.17, 15) is 4.79 Å². The fourth-order valence-electron chi connectivity index (χ4n) is 2.20. The minimum atomic E-state index is -0.205. The number of para-hydroxylation sites is 1. The first-order valence-electron chi connectivity index (χ1n) is 6.84. The van der Waals surface area contributed by atoms with Crippen LogP contribution < -0.4 is 14.8 Å². The topological polar surface area (TPSA) is 47.6 Å². The summed E-state index contributed by atoms with van der Waals surface area (Å²) in [5.41, 5.74) is 1.47. The molecule has 0 spiro atoms. The number of benzene rings is 2. The Morgan fingerprint density at radius 3 is 2.50 bits per heavy atom. The molecule has 0 aliphatic heterocycles. The standard InChI is InChI=1S/C17H18BrNO3/c1-11(12-6-4-7-13(18)10-12)19-17(20)14-8-5-9-15(21-2)16(14)22-3/h4-11H,1-3H3,(H,19,20). The van der Waals surface area contributed by atoms with E-state index in [1.54, 1.807) is 25.3 Å². The van der Waals surface area contributed by atoms with Gasteiger partial charge in [0.2, 0.25) is 0 Å². The number of rotatable bonds is 5. The Kier molecular flexibility index (Phi) is 5.44. The summed E-state index contributed by atoms with van der Waals surface area (Å²) >= 11 is 3.43. The van der Waals surface area contributed by atoms with Crippen LogP contribution in [0.25, 0.3) is 0 Å². The molecule has 5 heteroatoms. The number of ether oxygens (including phenoxy) is 2. The van der Waals surface area contributed by atoms with E-state index in [1.165, 1.54) is 7.11 Å². The highest BCUT2D eigenvalue weighted by Gasteiger charge is 2.18. The first-order valence-corrected chi connectivity index (χ1v) is 7.63. The lowest BCUT2D eigenvalue weighted by atomic mass is 10.1. The highest BCUT2D eigenvalue weighted by molar-refractivity contribution is 9.10. The highest BCUT2D eigenvalue weighted by atomic mass is 79.9. The average Bonchev–Trinajstić information content (AvgIpc) is 2.53. The largest absolute Gasteiger partial charge is 0.493 e. The maximum atomic E-state index is 12.5. The van der Waals surface area contributed by atoms with E-state index >= 15 is 0 Å². The van der Waals surface area contributed by atoms with E-state index in [0.717, 1.165) is 10.0 Å². The molecule has 0 aliphatic rings. The zero-order chi connectivity index (χ0) is 16.1. The van der Waals surface area contributed by atoms with Crippen molar-refractivity contribution in [2.24, 2.45) is 0 Å². The van der Waals surface area contributed by atoms with E-state index in [-0.39, 0.29) is 11.9 Å². The Bertz CT molecular complexity index is 673. The zero-order valence-electron chi connectivity index (χ0n) is 12.7. The SMILES string of the molecule is COc1cccc(C(=O)NC(C)c2cccc(Br)c2)c1OC. The van der Waals surface area contributed by atoms with E-state index < -0.39 is 0 Å². The maximum Gasteiger partial charge on any atom is 0.255 e. The van der Waals surface area contributed by atoms with Crippen molar-refractivity contribution in [3.63, 3.8) is 0 Å². The Morgan fingerprint density at radius 2 is 1.86 bits per heavy atom. The quantitative estimate of drug-likeness (QED) is 0.874. The Labute approximate surface area is 138 Å². The lowest BCUT2D eigenvalue weighted by Crippen LogP contribution is -2.27. The van der Waals surface area contributed by atoms with Crippen LogP contribution in [0.5, 0.6) is 11.5 Å². The van der Waals surface area contributed by atoms with E-state index in [0.29, 0.717) is 17.1 Å². The van der Waals surface area contributed by atoms with Crippen molar-refractivity contribution in [3.8, 4) is 11.5 Å². The molecule has 1 atom stereocenters. The van der Waals surface area contributed by atoms with Gasteiger partial charge in [-0.15, -0.1) is 0 Å². The van der Waals surface area contributed by atoms with Gasteiger partial charge in [0.25, 0.3) is 5.91 Å². The van der Waals surface area contributed by atoms with Gasteiger partial charge in [0, 0.05) is 4.47 Å². The van der Waals surface area contributed by atoms with Crippen LogP contribution in [0.4, 0.5) is 0 Å². The Hall–Kier alpha value is -2.01. The molecular weight excluding hydrogens is 346 g/mol. The molecule has 4 nitrogen and oxygen atoms in total. The Morgan fingerprint density at radius 1 is 1.14 bits per heavy atom. The van der Waals surface area contributed by atoms with Crippen molar-refractivity contribution in [2.45, 2.75) is 13.0 Å². The molecule has 1 amide bonds. The van der Waals surface area contributed by atoms with Gasteiger partial charge in [-0.25, -0.2) is 0 Å². The van der Waals surface area contributed by atoms with Gasteiger partial charge in [0.15, 0.2) is 11.5 Å². The van der Waals surface area contributed by atoms with Crippen LogP contribution in [-0.2, 0) is 0 Å². The third-order valence-corrected chi connectivity index (χ3v) is 3.84. The molecule has 116 valence electrons. The molecule has 0 radical (unpaired) electrons. The van der Waals surface area contributed by atoms with Gasteiger partial charge in [0.05, 0.1) is 25.8 Å². The molecule has 0 aromatic heterocycles. The summed E-state index contributed by atoms with van der Waals surface area (Å²) in [7, 11) is 3.07. The second-order valence-corrected chi connectivity index (χ2v) is 5.71. The monoisotopic (exact) mass is 363 g/mol. The first kappa shape index (κ1) is 16.4. The van der Waals surface area contributed by atoms with Gasteiger partial charge in [-0.1, -0.05) is 34.1 Å². The van der Waals surface area contributed by atoms with Gasteiger partial charge < -0.3 is 14.8 Å². The zero-order valence-corrected chi connectivity index (χ0v) is 14.3. The van der Waals surface area contributed by atoms with Crippen molar-refractivity contribution in [3.05, 3.63) is 58.1 Å². The smallest absolute Gasteiger partial charge is 0.255 e. The first-order chi connectivity index (χ1) is 10.6. The summed E-state index contributed by atoms with van der Waals surface area (Å²) in [5, 5.41) is 2.97. The number of halogens is 1. The minimum Gasteiger partial charge on any atom is -0.493 e. The molecule has 0 heterocycles. The van der Waals surface area contributed by atoms with Crippen LogP contribution in [0.3, 0.4) is 0 Å². The summed E-state index contributed by atoms with van der Waals surface area (Å²) in [6.07, 6.45) is 0. The van der Waals surface area contributed by atoms with Crippen LogP contribution >= 0.6 is 15.9 Å². The number of hydrogen-bond donors (Lipinski definition) is 1. The molecule has 0 aliphatic carbocycles. The molecule has 2 rings (SSSR count). The van der Waals surface area contributed by atoms with Crippen LogP contribution in [0.1, 0.15) is 28.9 Å². The van der Waals surface area contributed by atoms with Crippen LogP contribution in [0, 0.1) is 0 Å². The summed E-state index contributed by atoms with van der Waals surface area (Å²) in [5.74, 6) is 0.762. The van der Waals surface area contributed by atoms with Gasteiger partial charge >= 0.3 is 0 Å². The van der Waals surface area contributed by atoms with Gasteiger partial charge in [-0.2, -0.15) is 0 Å². The van der Waals surface area contributed by atoms with Crippen LogP contribution in [-0.4, -0.2) is 20.1 Å². The second kappa shape index (κ2) is 7.31. The number of hydrogen-bond acceptors (Lipinski definition) is 3. The number of nitrogens with one attached hydrogen (secondary N) is 1. The number of carbonyl (C=O) groups excluding carboxylic acids is 1. The summed E-state index contributed by atoms with van der Waals surface area (Å²) in [4.78, 5) is 12.5. The lowest BCUT2D eigenvalue weighted by molar-refractivity contribution is 0.0936. The summed E-state index contributed by atoms with van der Waals surface area (Å²) < 4.78 is 11.5. The van der Waals surface area contributed by atoms with Crippen molar-refractivity contribution in [1.82, 2.24) is 5.32 Å². The van der Waals surface area contributed by atoms with E-state index in [1.807, 2.05) is 31.2 Å². The van der Waals surface area contributed by atoms with Crippen molar-refractivity contribution >= 4 is 21.8 Å². The van der Waals surface area contributed by atoms with Gasteiger partial charge in [-0.3, -0.25) is 4.79 Å². The molecule has 0 saturated carbocycles. The van der Waals surface area contributed by atoms with Gasteiger partial charge in [-0.05, 0) is 36.8 Å². The van der Waals surface area contributed by atoms with E-state index in [2.05, 4.69) is 21.2 Å². The molecule has 2 aromatic carbocycles. The minimum absolute atomic E-state index is 0.124. The molecule has 0 fully saturated rings. The van der Waals surface area contributed by atoms with Crippen molar-refractivity contribution in [2.75, 3.05) is 14.2 Å². The molecule has 22 heavy (non-hydrogen) atoms. The van der Waals surface area contributed by atoms with Gasteiger partial charge in [0.1, 0.15) is 0 Å². The number of carbonyl (C=O) groups is 1. The predicted molar refractivity (Wildman–Crippen MR) is 89.6 cm³/mol. The fourth-order valence-corrected chi connectivity index (χ4v) is 2.62. The van der Waals surface area contributed by atoms with E-state index in [4.69, 9.17) is 9.47 Å². The normalized spacial score (nSPS) is 11.6. The maximum absolute atomic E-state index is 12.5. The summed E-state index contributed by atoms with van der Waals surface area (Å²) in [6.45, 7) is 1.94. The third-order valence-electron chi connectivity index (χ3n) is 3.34. The molecule has 0 saturated heterocycles. The highest BCUT2D eigenvalue weighted by Crippen LogP contribution is 2.31. The molecule has 1 N–H and O–H groups in total. The summed E-state index contributed by atoms with van der Waals surface area (Å²) in [6, 6.07) is 12.9. The van der Waals surface area contributed by atoms with Crippen LogP contribution in [0.15, 0.2) is 46.9 Å². The molecule has 2 aromatic rings. The molecule has 0 bridgehead atoms. The third kappa shape index (κ3) is 3.60. The predicted octanol–water partition coefficient (Wildman–Crippen LogP) is 3.96. The molecular formula is C17H18BrNO3. The average molecular weight is 364 g/mol. The second-order valence-electron chi connectivity index (χ2n) is 4.79. The number of amides is 1. The lowest BCUT2D eigenvalue weighted by Gasteiger charge is -2.17. The number of methoxy groups -OCH3 is 2.